The number of likely N-dealkylation sites (tertiary alicyclic amines) is 1. The van der Waals surface area contributed by atoms with E-state index in [1.165, 1.54) is 11.3 Å². The van der Waals surface area contributed by atoms with Crippen molar-refractivity contribution in [2.75, 3.05) is 13.2 Å². The number of ether oxygens (including phenoxy) is 1. The van der Waals surface area contributed by atoms with Gasteiger partial charge in [-0.2, -0.15) is 0 Å². The Morgan fingerprint density at radius 3 is 2.57 bits per heavy atom. The summed E-state index contributed by atoms with van der Waals surface area (Å²) < 4.78 is 11.4. The quantitative estimate of drug-likeness (QED) is 0.496. The van der Waals surface area contributed by atoms with Crippen molar-refractivity contribution in [2.45, 2.75) is 71.6 Å². The monoisotopic (exact) mass is 500 g/mol. The summed E-state index contributed by atoms with van der Waals surface area (Å²) in [6, 6.07) is 5.74. The minimum atomic E-state index is -1.29. The number of benzene rings is 1. The van der Waals surface area contributed by atoms with Crippen molar-refractivity contribution in [1.82, 2.24) is 20.1 Å². The van der Waals surface area contributed by atoms with Crippen LogP contribution in [0.25, 0.3) is 21.3 Å². The third-order valence-electron chi connectivity index (χ3n) is 5.81. The first kappa shape index (κ1) is 25.3. The van der Waals surface area contributed by atoms with Gasteiger partial charge in [-0.1, -0.05) is 0 Å². The Balaban J connectivity index is 1.75. The zero-order valence-electron chi connectivity index (χ0n) is 21.0. The van der Waals surface area contributed by atoms with Gasteiger partial charge in [-0.3, -0.25) is 4.79 Å². The SMILES string of the molecule is Cc1cc(OCC(C)(C)O)ccc1-c1sc(-c2nnc(C(C)(C)O)o2)nc1C(=O)N1CCC[C@@H]1C. The fourth-order valence-corrected chi connectivity index (χ4v) is 4.98. The van der Waals surface area contributed by atoms with E-state index in [2.05, 4.69) is 15.2 Å². The summed E-state index contributed by atoms with van der Waals surface area (Å²) >= 11 is 1.30. The summed E-state index contributed by atoms with van der Waals surface area (Å²) in [6.45, 7) is 11.3. The van der Waals surface area contributed by atoms with Gasteiger partial charge in [0.15, 0.2) is 5.01 Å². The first-order valence-corrected chi connectivity index (χ1v) is 12.5. The number of aliphatic hydroxyl groups is 2. The molecule has 1 aromatic carbocycles. The molecule has 1 aliphatic rings. The lowest BCUT2D eigenvalue weighted by atomic mass is 10.0. The van der Waals surface area contributed by atoms with Crippen LogP contribution >= 0.6 is 11.3 Å². The number of carbonyl (C=O) groups excluding carboxylic acids is 1. The molecule has 4 rings (SSSR count). The summed E-state index contributed by atoms with van der Waals surface area (Å²) in [4.78, 5) is 20.8. The van der Waals surface area contributed by atoms with Crippen molar-refractivity contribution < 1.29 is 24.2 Å². The Morgan fingerprint density at radius 2 is 2.00 bits per heavy atom. The number of aryl methyl sites for hydroxylation is 1. The number of aromatic nitrogens is 3. The van der Waals surface area contributed by atoms with Crippen molar-refractivity contribution in [1.29, 1.82) is 0 Å². The lowest BCUT2D eigenvalue weighted by molar-refractivity contribution is 0.0284. The van der Waals surface area contributed by atoms with Gasteiger partial charge in [-0.25, -0.2) is 4.98 Å². The van der Waals surface area contributed by atoms with Crippen LogP contribution in [-0.4, -0.2) is 61.0 Å². The van der Waals surface area contributed by atoms with E-state index in [9.17, 15) is 15.0 Å². The smallest absolute Gasteiger partial charge is 0.276 e. The molecular weight excluding hydrogens is 468 g/mol. The third-order valence-corrected chi connectivity index (χ3v) is 6.89. The van der Waals surface area contributed by atoms with E-state index in [1.807, 2.05) is 36.9 Å². The second-order valence-corrected chi connectivity index (χ2v) is 11.2. The van der Waals surface area contributed by atoms with Crippen LogP contribution in [-0.2, 0) is 5.60 Å². The van der Waals surface area contributed by atoms with Gasteiger partial charge < -0.3 is 24.3 Å². The largest absolute Gasteiger partial charge is 0.491 e. The Kier molecular flexibility index (Phi) is 6.74. The molecule has 1 atom stereocenters. The molecule has 1 amide bonds. The molecule has 3 heterocycles. The van der Waals surface area contributed by atoms with Gasteiger partial charge in [0, 0.05) is 12.6 Å². The van der Waals surface area contributed by atoms with Gasteiger partial charge in [-0.05, 0) is 83.7 Å². The molecule has 0 radical (unpaired) electrons. The highest BCUT2D eigenvalue weighted by molar-refractivity contribution is 7.18. The predicted molar refractivity (Wildman–Crippen MR) is 132 cm³/mol. The highest BCUT2D eigenvalue weighted by Gasteiger charge is 2.32. The second kappa shape index (κ2) is 9.33. The van der Waals surface area contributed by atoms with Gasteiger partial charge >= 0.3 is 0 Å². The first-order valence-electron chi connectivity index (χ1n) is 11.7. The Labute approximate surface area is 208 Å². The maximum atomic E-state index is 13.6. The molecule has 2 aromatic heterocycles. The van der Waals surface area contributed by atoms with E-state index in [0.717, 1.165) is 24.0 Å². The van der Waals surface area contributed by atoms with Crippen LogP contribution in [0.1, 0.15) is 69.4 Å². The standard InChI is InChI=1S/C25H32N4O5S/c1-14-12-16(33-13-24(3,4)31)9-10-17(14)19-18(22(30)29-11-7-8-15(29)2)26-21(35-19)20-27-28-23(34-20)25(5,6)32/h9-10,12,15,31-32H,7-8,11,13H2,1-6H3/t15-/m0/s1. The maximum absolute atomic E-state index is 13.6. The molecule has 35 heavy (non-hydrogen) atoms. The second-order valence-electron chi connectivity index (χ2n) is 10.2. The molecule has 1 saturated heterocycles. The van der Waals surface area contributed by atoms with Crippen molar-refractivity contribution in [3.8, 4) is 27.1 Å². The van der Waals surface area contributed by atoms with Gasteiger partial charge in [0.05, 0.1) is 10.5 Å². The lowest BCUT2D eigenvalue weighted by Crippen LogP contribution is -2.34. The van der Waals surface area contributed by atoms with Crippen LogP contribution < -0.4 is 4.74 Å². The van der Waals surface area contributed by atoms with Crippen molar-refractivity contribution in [3.63, 3.8) is 0 Å². The molecule has 10 heteroatoms. The molecule has 3 aromatic rings. The summed E-state index contributed by atoms with van der Waals surface area (Å²) in [5.41, 5.74) is -0.140. The number of rotatable bonds is 7. The molecule has 1 fully saturated rings. The van der Waals surface area contributed by atoms with Gasteiger partial charge in [-0.15, -0.1) is 21.5 Å². The normalized spacial score (nSPS) is 16.7. The molecular formula is C25H32N4O5S. The fourth-order valence-electron chi connectivity index (χ4n) is 3.91. The summed E-state index contributed by atoms with van der Waals surface area (Å²) in [6.07, 6.45) is 1.92. The topological polar surface area (TPSA) is 122 Å². The van der Waals surface area contributed by atoms with E-state index < -0.39 is 11.2 Å². The molecule has 188 valence electrons. The summed E-state index contributed by atoms with van der Waals surface area (Å²) in [5, 5.41) is 28.6. The maximum Gasteiger partial charge on any atom is 0.276 e. The number of hydrogen-bond donors (Lipinski definition) is 2. The van der Waals surface area contributed by atoms with Crippen LogP contribution in [0, 0.1) is 6.92 Å². The van der Waals surface area contributed by atoms with E-state index in [1.54, 1.807) is 27.7 Å². The molecule has 0 bridgehead atoms. The van der Waals surface area contributed by atoms with Crippen LogP contribution in [0.2, 0.25) is 0 Å². The first-order chi connectivity index (χ1) is 16.3. The Hall–Kier alpha value is -2.82. The van der Waals surface area contributed by atoms with E-state index in [0.29, 0.717) is 27.9 Å². The minimum Gasteiger partial charge on any atom is -0.491 e. The van der Waals surface area contributed by atoms with Crippen LogP contribution in [0.3, 0.4) is 0 Å². The molecule has 0 spiro atoms. The van der Waals surface area contributed by atoms with Gasteiger partial charge in [0.1, 0.15) is 23.7 Å². The lowest BCUT2D eigenvalue weighted by Gasteiger charge is -2.21. The van der Waals surface area contributed by atoms with Crippen molar-refractivity contribution in [2.24, 2.45) is 0 Å². The Bertz CT molecular complexity index is 1220. The van der Waals surface area contributed by atoms with Crippen LogP contribution in [0.4, 0.5) is 0 Å². The molecule has 2 N–H and O–H groups in total. The van der Waals surface area contributed by atoms with Crippen molar-refractivity contribution >= 4 is 17.2 Å². The zero-order valence-corrected chi connectivity index (χ0v) is 21.8. The molecule has 0 unspecified atom stereocenters. The predicted octanol–water partition coefficient (Wildman–Crippen LogP) is 4.17. The minimum absolute atomic E-state index is 0.0785. The molecule has 0 aliphatic carbocycles. The third kappa shape index (κ3) is 5.55. The zero-order chi connectivity index (χ0) is 25.5. The summed E-state index contributed by atoms with van der Waals surface area (Å²) in [7, 11) is 0. The average Bonchev–Trinajstić information content (AvgIpc) is 3.50. The van der Waals surface area contributed by atoms with E-state index in [4.69, 9.17) is 9.15 Å². The number of nitrogens with zero attached hydrogens (tertiary/aromatic N) is 4. The summed E-state index contributed by atoms with van der Waals surface area (Å²) in [5.74, 6) is 0.738. The number of carbonyl (C=O) groups is 1. The molecule has 1 aliphatic heterocycles. The van der Waals surface area contributed by atoms with Crippen molar-refractivity contribution in [3.05, 3.63) is 35.3 Å². The highest BCUT2D eigenvalue weighted by Crippen LogP contribution is 2.39. The van der Waals surface area contributed by atoms with E-state index >= 15 is 0 Å². The van der Waals surface area contributed by atoms with Gasteiger partial charge in [0.25, 0.3) is 11.8 Å². The van der Waals surface area contributed by atoms with Crippen LogP contribution in [0.15, 0.2) is 22.6 Å². The number of amides is 1. The highest BCUT2D eigenvalue weighted by atomic mass is 32.1. The van der Waals surface area contributed by atoms with E-state index in [-0.39, 0.29) is 30.3 Å². The van der Waals surface area contributed by atoms with Gasteiger partial charge in [0.2, 0.25) is 5.89 Å². The number of hydrogen-bond acceptors (Lipinski definition) is 9. The molecule has 9 nitrogen and oxygen atoms in total. The number of thiazole rings is 1. The molecule has 0 saturated carbocycles. The van der Waals surface area contributed by atoms with Crippen LogP contribution in [0.5, 0.6) is 5.75 Å². The average molecular weight is 501 g/mol. The Morgan fingerprint density at radius 1 is 1.26 bits per heavy atom. The fraction of sp³-hybridized carbons (Fsp3) is 0.520.